The van der Waals surface area contributed by atoms with Gasteiger partial charge in [-0.25, -0.2) is 13.2 Å². The molecule has 8 nitrogen and oxygen atoms in total. The first kappa shape index (κ1) is 20.3. The van der Waals surface area contributed by atoms with Crippen molar-refractivity contribution in [1.29, 1.82) is 0 Å². The van der Waals surface area contributed by atoms with E-state index in [1.807, 2.05) is 0 Å². The van der Waals surface area contributed by atoms with Gasteiger partial charge in [-0.3, -0.25) is 4.79 Å². The molecule has 1 saturated carbocycles. The van der Waals surface area contributed by atoms with Crippen LogP contribution in [0.2, 0.25) is 0 Å². The minimum absolute atomic E-state index is 0.138. The lowest BCUT2D eigenvalue weighted by Gasteiger charge is -2.28. The lowest BCUT2D eigenvalue weighted by molar-refractivity contribution is -0.149. The highest BCUT2D eigenvalue weighted by atomic mass is 32.2. The molecule has 1 aromatic rings. The molecule has 2 rings (SSSR count). The van der Waals surface area contributed by atoms with Gasteiger partial charge in [0.1, 0.15) is 11.6 Å². The number of carboxylic acids is 1. The molecule has 1 amide bonds. The third-order valence-corrected chi connectivity index (χ3v) is 5.85. The van der Waals surface area contributed by atoms with Crippen LogP contribution in [-0.2, 0) is 25.8 Å². The lowest BCUT2D eigenvalue weighted by atomic mass is 9.96. The maximum Gasteiger partial charge on any atom is 0.329 e. The van der Waals surface area contributed by atoms with Crippen LogP contribution in [0.15, 0.2) is 29.2 Å². The van der Waals surface area contributed by atoms with Gasteiger partial charge in [-0.15, -0.1) is 0 Å². The standard InChI is InChI=1S/C17H24N2O6S/c1-26(24,25)12-6-4-11(5-7-12)10-13(18)14(20)15(21)19-17(16(22)23)8-2-3-9-17/h4-7,13-14,20H,2-3,8-10,18H2,1H3,(H,19,21)(H,22,23). The second-order valence-electron chi connectivity index (χ2n) is 6.81. The van der Waals surface area contributed by atoms with Gasteiger partial charge < -0.3 is 21.3 Å². The van der Waals surface area contributed by atoms with Crippen molar-refractivity contribution in [3.05, 3.63) is 29.8 Å². The van der Waals surface area contributed by atoms with Crippen LogP contribution < -0.4 is 11.1 Å². The second kappa shape index (κ2) is 7.73. The number of hydrogen-bond acceptors (Lipinski definition) is 6. The topological polar surface area (TPSA) is 147 Å². The third-order valence-electron chi connectivity index (χ3n) is 4.73. The monoisotopic (exact) mass is 384 g/mol. The van der Waals surface area contributed by atoms with Crippen LogP contribution in [0, 0.1) is 0 Å². The second-order valence-corrected chi connectivity index (χ2v) is 8.83. The van der Waals surface area contributed by atoms with Crippen molar-refractivity contribution in [3.8, 4) is 0 Å². The van der Waals surface area contributed by atoms with Crippen LogP contribution in [0.4, 0.5) is 0 Å². The van der Waals surface area contributed by atoms with E-state index in [4.69, 9.17) is 5.73 Å². The van der Waals surface area contributed by atoms with Crippen molar-refractivity contribution in [1.82, 2.24) is 5.32 Å². The number of carbonyl (C=O) groups is 2. The Labute approximate surface area is 152 Å². The Morgan fingerprint density at radius 2 is 1.77 bits per heavy atom. The first-order chi connectivity index (χ1) is 12.0. The molecule has 2 unspecified atom stereocenters. The van der Waals surface area contributed by atoms with E-state index in [1.54, 1.807) is 12.1 Å². The molecule has 1 aliphatic rings. The molecular weight excluding hydrogens is 360 g/mol. The Kier molecular flexibility index (Phi) is 6.05. The van der Waals surface area contributed by atoms with Gasteiger partial charge in [0.25, 0.3) is 5.91 Å². The van der Waals surface area contributed by atoms with E-state index in [0.29, 0.717) is 31.2 Å². The van der Waals surface area contributed by atoms with E-state index in [2.05, 4.69) is 5.32 Å². The molecule has 0 aromatic heterocycles. The fourth-order valence-electron chi connectivity index (χ4n) is 3.13. The van der Waals surface area contributed by atoms with Gasteiger partial charge in [0.05, 0.1) is 4.90 Å². The van der Waals surface area contributed by atoms with Crippen molar-refractivity contribution < 1.29 is 28.2 Å². The number of aliphatic hydroxyl groups excluding tert-OH is 1. The molecule has 1 fully saturated rings. The van der Waals surface area contributed by atoms with Gasteiger partial charge in [-0.05, 0) is 37.0 Å². The minimum atomic E-state index is -3.31. The number of benzene rings is 1. The van der Waals surface area contributed by atoms with Crippen LogP contribution in [-0.4, -0.2) is 54.4 Å². The molecule has 0 heterocycles. The normalized spacial score (nSPS) is 18.9. The van der Waals surface area contributed by atoms with E-state index in [-0.39, 0.29) is 11.3 Å². The average Bonchev–Trinajstić information content (AvgIpc) is 3.03. The number of hydrogen-bond donors (Lipinski definition) is 4. The van der Waals surface area contributed by atoms with Crippen molar-refractivity contribution >= 4 is 21.7 Å². The maximum atomic E-state index is 12.2. The molecule has 26 heavy (non-hydrogen) atoms. The van der Waals surface area contributed by atoms with E-state index in [1.165, 1.54) is 12.1 Å². The summed E-state index contributed by atoms with van der Waals surface area (Å²) in [6, 6.07) is 5.04. The molecular formula is C17H24N2O6S. The number of sulfone groups is 1. The minimum Gasteiger partial charge on any atom is -0.480 e. The molecule has 0 saturated heterocycles. The SMILES string of the molecule is CS(=O)(=O)c1ccc(CC(N)C(O)C(=O)NC2(C(=O)O)CCCC2)cc1. The lowest BCUT2D eigenvalue weighted by Crippen LogP contribution is -2.58. The smallest absolute Gasteiger partial charge is 0.329 e. The Balaban J connectivity index is 2.01. The number of carbonyl (C=O) groups excluding carboxylic acids is 1. The average molecular weight is 384 g/mol. The van der Waals surface area contributed by atoms with Gasteiger partial charge in [-0.2, -0.15) is 0 Å². The van der Waals surface area contributed by atoms with Crippen molar-refractivity contribution in [2.75, 3.05) is 6.26 Å². The number of nitrogens with one attached hydrogen (secondary N) is 1. The maximum absolute atomic E-state index is 12.2. The van der Waals surface area contributed by atoms with Crippen LogP contribution in [0.3, 0.4) is 0 Å². The molecule has 0 aliphatic heterocycles. The number of rotatable bonds is 7. The Morgan fingerprint density at radius 1 is 1.23 bits per heavy atom. The number of aliphatic hydroxyl groups is 1. The van der Waals surface area contributed by atoms with Crippen LogP contribution in [0.5, 0.6) is 0 Å². The summed E-state index contributed by atoms with van der Waals surface area (Å²) in [5.74, 6) is -1.92. The molecule has 0 spiro atoms. The highest BCUT2D eigenvalue weighted by Crippen LogP contribution is 2.30. The van der Waals surface area contributed by atoms with E-state index in [0.717, 1.165) is 6.26 Å². The predicted molar refractivity (Wildman–Crippen MR) is 94.2 cm³/mol. The molecule has 144 valence electrons. The van der Waals surface area contributed by atoms with Crippen molar-refractivity contribution in [2.24, 2.45) is 5.73 Å². The van der Waals surface area contributed by atoms with Gasteiger partial charge >= 0.3 is 5.97 Å². The van der Waals surface area contributed by atoms with Crippen molar-refractivity contribution in [3.63, 3.8) is 0 Å². The third kappa shape index (κ3) is 4.60. The zero-order chi connectivity index (χ0) is 19.5. The van der Waals surface area contributed by atoms with Gasteiger partial charge in [0, 0.05) is 12.3 Å². The number of nitrogens with two attached hydrogens (primary N) is 1. The van der Waals surface area contributed by atoms with E-state index in [9.17, 15) is 28.2 Å². The summed E-state index contributed by atoms with van der Waals surface area (Å²) in [5.41, 5.74) is 5.21. The molecule has 1 aromatic carbocycles. The summed E-state index contributed by atoms with van der Waals surface area (Å²) >= 11 is 0. The van der Waals surface area contributed by atoms with E-state index < -0.39 is 39.4 Å². The van der Waals surface area contributed by atoms with E-state index >= 15 is 0 Å². The first-order valence-corrected chi connectivity index (χ1v) is 10.2. The molecule has 5 N–H and O–H groups in total. The number of aliphatic carboxylic acids is 1. The fourth-order valence-corrected chi connectivity index (χ4v) is 3.76. The molecule has 0 bridgehead atoms. The highest BCUT2D eigenvalue weighted by Gasteiger charge is 2.44. The Bertz CT molecular complexity index is 769. The van der Waals surface area contributed by atoms with Gasteiger partial charge in [0.2, 0.25) is 0 Å². The van der Waals surface area contributed by atoms with Crippen molar-refractivity contribution in [2.45, 2.75) is 54.7 Å². The molecule has 0 radical (unpaired) electrons. The quantitative estimate of drug-likeness (QED) is 0.510. The summed E-state index contributed by atoms with van der Waals surface area (Å²) < 4.78 is 22.9. The number of amides is 1. The van der Waals surface area contributed by atoms with Gasteiger partial charge in [0.15, 0.2) is 9.84 Å². The van der Waals surface area contributed by atoms with Crippen LogP contribution in [0.1, 0.15) is 31.2 Å². The molecule has 9 heteroatoms. The summed E-state index contributed by atoms with van der Waals surface area (Å²) in [7, 11) is -3.31. The van der Waals surface area contributed by atoms with Crippen LogP contribution in [0.25, 0.3) is 0 Å². The Morgan fingerprint density at radius 3 is 2.23 bits per heavy atom. The zero-order valence-corrected chi connectivity index (χ0v) is 15.3. The summed E-state index contributed by atoms with van der Waals surface area (Å²) in [4.78, 5) is 23.9. The largest absolute Gasteiger partial charge is 0.480 e. The zero-order valence-electron chi connectivity index (χ0n) is 14.5. The van der Waals surface area contributed by atoms with Gasteiger partial charge in [-0.1, -0.05) is 25.0 Å². The first-order valence-electron chi connectivity index (χ1n) is 8.33. The number of carboxylic acid groups (broad SMARTS) is 1. The summed E-state index contributed by atoms with van der Waals surface area (Å²) in [6.07, 6.45) is 1.71. The summed E-state index contributed by atoms with van der Waals surface area (Å²) in [6.45, 7) is 0. The summed E-state index contributed by atoms with van der Waals surface area (Å²) in [5, 5.41) is 22.0. The fraction of sp³-hybridized carbons (Fsp3) is 0.529. The van der Waals surface area contributed by atoms with Crippen LogP contribution >= 0.6 is 0 Å². The highest BCUT2D eigenvalue weighted by molar-refractivity contribution is 7.90. The molecule has 1 aliphatic carbocycles. The predicted octanol–water partition coefficient (Wildman–Crippen LogP) is -0.166. The molecule has 2 atom stereocenters. The Hall–Kier alpha value is -1.97.